The highest BCUT2D eigenvalue weighted by molar-refractivity contribution is 6.05. The molecule has 0 saturated carbocycles. The predicted molar refractivity (Wildman–Crippen MR) is 133 cm³/mol. The van der Waals surface area contributed by atoms with Gasteiger partial charge in [0.05, 0.1) is 39.1 Å². The number of methoxy groups -OCH3 is 2. The molecule has 4 rings (SSSR count). The summed E-state index contributed by atoms with van der Waals surface area (Å²) in [6.07, 6.45) is 4.10. The zero-order valence-electron chi connectivity index (χ0n) is 20.6. The number of hydrogen-bond acceptors (Lipinski definition) is 6. The lowest BCUT2D eigenvalue weighted by Gasteiger charge is -2.34. The molecule has 0 radical (unpaired) electrons. The first-order valence-corrected chi connectivity index (χ1v) is 12.1. The lowest BCUT2D eigenvalue weighted by Crippen LogP contribution is -2.44. The summed E-state index contributed by atoms with van der Waals surface area (Å²) in [4.78, 5) is 15.8. The van der Waals surface area contributed by atoms with E-state index >= 15 is 0 Å². The number of ether oxygens (including phenoxy) is 3. The van der Waals surface area contributed by atoms with Crippen LogP contribution in [0.15, 0.2) is 47.6 Å². The molecular formula is C27H35N3O4. The van der Waals surface area contributed by atoms with Gasteiger partial charge in [0, 0.05) is 24.1 Å². The number of rotatable bonds is 8. The Morgan fingerprint density at radius 2 is 1.82 bits per heavy atom. The number of carbonyl (C=O) groups is 1. The molecule has 1 amide bonds. The highest BCUT2D eigenvalue weighted by atomic mass is 16.5. The van der Waals surface area contributed by atoms with E-state index in [9.17, 15) is 4.79 Å². The molecule has 2 unspecified atom stereocenters. The molecule has 7 heteroatoms. The number of likely N-dealkylation sites (tertiary alicyclic amines) is 1. The van der Waals surface area contributed by atoms with Crippen molar-refractivity contribution in [2.24, 2.45) is 5.10 Å². The molecule has 0 aliphatic carbocycles. The molecule has 2 atom stereocenters. The highest BCUT2D eigenvalue weighted by Gasteiger charge is 2.35. The van der Waals surface area contributed by atoms with Crippen molar-refractivity contribution < 1.29 is 19.0 Å². The SMILES string of the molecule is CCOc1ccc(C2CC(c3ccc(OC)cc3OC)=NN2C(=O)CN2CCCCC2C)cc1. The second kappa shape index (κ2) is 10.9. The zero-order valence-corrected chi connectivity index (χ0v) is 20.6. The molecular weight excluding hydrogens is 430 g/mol. The van der Waals surface area contributed by atoms with Gasteiger partial charge in [-0.3, -0.25) is 9.69 Å². The third-order valence-corrected chi connectivity index (χ3v) is 6.74. The molecule has 1 saturated heterocycles. The Bertz CT molecular complexity index is 1020. The lowest BCUT2D eigenvalue weighted by atomic mass is 9.97. The first kappa shape index (κ1) is 24.1. The Morgan fingerprint density at radius 3 is 2.50 bits per heavy atom. The number of hydrazone groups is 1. The van der Waals surface area contributed by atoms with Gasteiger partial charge in [0.2, 0.25) is 0 Å². The van der Waals surface area contributed by atoms with Crippen molar-refractivity contribution in [3.63, 3.8) is 0 Å². The van der Waals surface area contributed by atoms with Crippen LogP contribution in [0.5, 0.6) is 17.2 Å². The van der Waals surface area contributed by atoms with Crippen LogP contribution >= 0.6 is 0 Å². The molecule has 2 aromatic carbocycles. The second-order valence-electron chi connectivity index (χ2n) is 8.89. The molecule has 0 N–H and O–H groups in total. The third-order valence-electron chi connectivity index (χ3n) is 6.74. The van der Waals surface area contributed by atoms with Crippen molar-refractivity contribution in [1.29, 1.82) is 0 Å². The average molecular weight is 466 g/mol. The van der Waals surface area contributed by atoms with Gasteiger partial charge in [-0.1, -0.05) is 18.6 Å². The minimum absolute atomic E-state index is 0.0233. The van der Waals surface area contributed by atoms with Gasteiger partial charge in [0.25, 0.3) is 5.91 Å². The van der Waals surface area contributed by atoms with Crippen molar-refractivity contribution in [3.05, 3.63) is 53.6 Å². The molecule has 0 aromatic heterocycles. The van der Waals surface area contributed by atoms with E-state index in [0.29, 0.717) is 37.1 Å². The van der Waals surface area contributed by atoms with E-state index in [4.69, 9.17) is 19.3 Å². The predicted octanol–water partition coefficient (Wildman–Crippen LogP) is 4.65. The van der Waals surface area contributed by atoms with E-state index in [1.165, 1.54) is 6.42 Å². The Balaban J connectivity index is 1.64. The number of piperidine rings is 1. The Hall–Kier alpha value is -3.06. The summed E-state index contributed by atoms with van der Waals surface area (Å²) in [6, 6.07) is 13.9. The van der Waals surface area contributed by atoms with Gasteiger partial charge in [-0.25, -0.2) is 5.01 Å². The molecule has 2 aliphatic heterocycles. The minimum atomic E-state index is -0.176. The maximum absolute atomic E-state index is 13.5. The maximum atomic E-state index is 13.5. The van der Waals surface area contributed by atoms with E-state index in [-0.39, 0.29) is 11.9 Å². The van der Waals surface area contributed by atoms with Crippen LogP contribution in [0.2, 0.25) is 0 Å². The minimum Gasteiger partial charge on any atom is -0.497 e. The summed E-state index contributed by atoms with van der Waals surface area (Å²) in [6.45, 7) is 6.13. The lowest BCUT2D eigenvalue weighted by molar-refractivity contribution is -0.135. The highest BCUT2D eigenvalue weighted by Crippen LogP contribution is 2.37. The van der Waals surface area contributed by atoms with E-state index in [2.05, 4.69) is 11.8 Å². The summed E-state index contributed by atoms with van der Waals surface area (Å²) in [5.74, 6) is 2.24. The third kappa shape index (κ3) is 5.20. The van der Waals surface area contributed by atoms with Gasteiger partial charge in [0.1, 0.15) is 17.2 Å². The van der Waals surface area contributed by atoms with Gasteiger partial charge >= 0.3 is 0 Å². The van der Waals surface area contributed by atoms with E-state index in [0.717, 1.165) is 42.0 Å². The summed E-state index contributed by atoms with van der Waals surface area (Å²) >= 11 is 0. The molecule has 0 bridgehead atoms. The van der Waals surface area contributed by atoms with Crippen LogP contribution in [0.4, 0.5) is 0 Å². The van der Waals surface area contributed by atoms with Crippen LogP contribution in [0, 0.1) is 0 Å². The van der Waals surface area contributed by atoms with E-state index < -0.39 is 0 Å². The van der Waals surface area contributed by atoms with Crippen molar-refractivity contribution >= 4 is 11.6 Å². The molecule has 2 aliphatic rings. The number of amides is 1. The molecule has 1 fully saturated rings. The smallest absolute Gasteiger partial charge is 0.257 e. The van der Waals surface area contributed by atoms with Gasteiger partial charge in [-0.2, -0.15) is 5.10 Å². The number of benzene rings is 2. The van der Waals surface area contributed by atoms with E-state index in [1.807, 2.05) is 49.4 Å². The second-order valence-corrected chi connectivity index (χ2v) is 8.89. The largest absolute Gasteiger partial charge is 0.497 e. The summed E-state index contributed by atoms with van der Waals surface area (Å²) < 4.78 is 16.6. The Morgan fingerprint density at radius 1 is 1.06 bits per heavy atom. The summed E-state index contributed by atoms with van der Waals surface area (Å²) in [5.41, 5.74) is 2.74. The fraction of sp³-hybridized carbons (Fsp3) is 0.481. The van der Waals surface area contributed by atoms with Crippen molar-refractivity contribution in [2.75, 3.05) is 33.9 Å². The van der Waals surface area contributed by atoms with Gasteiger partial charge in [-0.15, -0.1) is 0 Å². The molecule has 0 spiro atoms. The van der Waals surface area contributed by atoms with Crippen molar-refractivity contribution in [3.8, 4) is 17.2 Å². The topological polar surface area (TPSA) is 63.6 Å². The number of carbonyl (C=O) groups excluding carboxylic acids is 1. The van der Waals surface area contributed by atoms with Crippen LogP contribution in [0.25, 0.3) is 0 Å². The first-order chi connectivity index (χ1) is 16.5. The summed E-state index contributed by atoms with van der Waals surface area (Å²) in [5, 5.41) is 6.53. The van der Waals surface area contributed by atoms with Crippen molar-refractivity contribution in [1.82, 2.24) is 9.91 Å². The maximum Gasteiger partial charge on any atom is 0.257 e. The average Bonchev–Trinajstić information content (AvgIpc) is 3.31. The van der Waals surface area contributed by atoms with Crippen LogP contribution in [0.1, 0.15) is 56.7 Å². The first-order valence-electron chi connectivity index (χ1n) is 12.1. The Labute approximate surface area is 202 Å². The molecule has 2 aromatic rings. The zero-order chi connectivity index (χ0) is 24.1. The van der Waals surface area contributed by atoms with Crippen LogP contribution < -0.4 is 14.2 Å². The normalized spacial score (nSPS) is 20.7. The van der Waals surface area contributed by atoms with Gasteiger partial charge in [0.15, 0.2) is 0 Å². The van der Waals surface area contributed by atoms with Crippen molar-refractivity contribution in [2.45, 2.75) is 51.6 Å². The summed E-state index contributed by atoms with van der Waals surface area (Å²) in [7, 11) is 3.27. The van der Waals surface area contributed by atoms with Crippen LogP contribution in [0.3, 0.4) is 0 Å². The van der Waals surface area contributed by atoms with Crippen LogP contribution in [-0.4, -0.2) is 61.5 Å². The standard InChI is InChI=1S/C27H35N3O4/c1-5-34-21-11-9-20(10-12-21)25-17-24(23-14-13-22(32-3)16-26(23)33-4)28-30(25)27(31)18-29-15-7-6-8-19(29)2/h9-14,16,19,25H,5-8,15,17-18H2,1-4H3. The van der Waals surface area contributed by atoms with E-state index in [1.54, 1.807) is 19.2 Å². The quantitative estimate of drug-likeness (QED) is 0.568. The molecule has 2 heterocycles. The van der Waals surface area contributed by atoms with Gasteiger partial charge in [-0.05, 0) is 63.1 Å². The molecule has 7 nitrogen and oxygen atoms in total. The number of hydrogen-bond donors (Lipinski definition) is 0. The fourth-order valence-electron chi connectivity index (χ4n) is 4.79. The number of nitrogens with zero attached hydrogens (tertiary/aromatic N) is 3. The molecule has 34 heavy (non-hydrogen) atoms. The molecule has 182 valence electrons. The van der Waals surface area contributed by atoms with Gasteiger partial charge < -0.3 is 14.2 Å². The Kier molecular flexibility index (Phi) is 7.73. The van der Waals surface area contributed by atoms with Crippen LogP contribution in [-0.2, 0) is 4.79 Å². The monoisotopic (exact) mass is 465 g/mol. The fourth-order valence-corrected chi connectivity index (χ4v) is 4.79.